The van der Waals surface area contributed by atoms with Crippen molar-refractivity contribution in [2.45, 2.75) is 25.4 Å². The van der Waals surface area contributed by atoms with Gasteiger partial charge in [0.1, 0.15) is 5.82 Å². The van der Waals surface area contributed by atoms with E-state index in [4.69, 9.17) is 0 Å². The number of hydrogen-bond donors (Lipinski definition) is 2. The van der Waals surface area contributed by atoms with Crippen LogP contribution < -0.4 is 10.9 Å². The second-order valence-corrected chi connectivity index (χ2v) is 7.35. The molecule has 1 amide bonds. The van der Waals surface area contributed by atoms with Crippen LogP contribution in [-0.4, -0.2) is 39.9 Å². The van der Waals surface area contributed by atoms with E-state index in [0.29, 0.717) is 17.8 Å². The summed E-state index contributed by atoms with van der Waals surface area (Å²) in [4.78, 5) is 34.0. The summed E-state index contributed by atoms with van der Waals surface area (Å²) in [5, 5.41) is 7.50. The summed E-state index contributed by atoms with van der Waals surface area (Å²) in [6.45, 7) is 2.35. The first-order chi connectivity index (χ1) is 12.7. The molecule has 0 unspecified atom stereocenters. The molecule has 0 spiro atoms. The van der Waals surface area contributed by atoms with Crippen molar-refractivity contribution >= 4 is 28.1 Å². The van der Waals surface area contributed by atoms with Crippen molar-refractivity contribution in [2.24, 2.45) is 0 Å². The predicted octanol–water partition coefficient (Wildman–Crippen LogP) is 2.38. The Labute approximate surface area is 154 Å². The molecular formula is C19H20N4O2S. The highest BCUT2D eigenvalue weighted by atomic mass is 32.1. The third-order valence-electron chi connectivity index (χ3n) is 4.74. The van der Waals surface area contributed by atoms with E-state index < -0.39 is 0 Å². The van der Waals surface area contributed by atoms with Crippen molar-refractivity contribution in [3.63, 3.8) is 0 Å². The molecular weight excluding hydrogens is 348 g/mol. The molecule has 0 radical (unpaired) electrons. The highest BCUT2D eigenvalue weighted by Crippen LogP contribution is 2.14. The minimum Gasteiger partial charge on any atom is -0.349 e. The Hall–Kier alpha value is -2.51. The Kier molecular flexibility index (Phi) is 4.81. The van der Waals surface area contributed by atoms with Crippen molar-refractivity contribution in [1.82, 2.24) is 20.2 Å². The van der Waals surface area contributed by atoms with E-state index in [1.807, 2.05) is 35.0 Å². The standard InChI is InChI=1S/C19H20N4O2S/c24-18(13-7-10-26-12-13)20-14-5-8-23(9-6-14)11-17-21-16-4-2-1-3-15(16)19(25)22-17/h1-4,7,10,12,14H,5-6,8-9,11H2,(H,20,24)(H,21,22,25). The Balaban J connectivity index is 1.35. The molecule has 1 aliphatic heterocycles. The van der Waals surface area contributed by atoms with E-state index in [0.717, 1.165) is 37.0 Å². The molecule has 1 saturated heterocycles. The summed E-state index contributed by atoms with van der Waals surface area (Å²) >= 11 is 1.53. The average molecular weight is 368 g/mol. The van der Waals surface area contributed by atoms with E-state index in [2.05, 4.69) is 20.2 Å². The number of rotatable bonds is 4. The molecule has 3 heterocycles. The lowest BCUT2D eigenvalue weighted by atomic mass is 10.0. The van der Waals surface area contributed by atoms with Gasteiger partial charge in [0.05, 0.1) is 17.4 Å². The Morgan fingerprint density at radius 1 is 1.27 bits per heavy atom. The Morgan fingerprint density at radius 2 is 2.08 bits per heavy atom. The third-order valence-corrected chi connectivity index (χ3v) is 5.42. The molecule has 0 saturated carbocycles. The van der Waals surface area contributed by atoms with Gasteiger partial charge in [-0.25, -0.2) is 4.98 Å². The normalized spacial score (nSPS) is 16.0. The van der Waals surface area contributed by atoms with Crippen LogP contribution in [0.1, 0.15) is 29.0 Å². The summed E-state index contributed by atoms with van der Waals surface area (Å²) in [7, 11) is 0. The van der Waals surface area contributed by atoms with E-state index in [1.54, 1.807) is 6.07 Å². The number of likely N-dealkylation sites (tertiary alicyclic amines) is 1. The van der Waals surface area contributed by atoms with Crippen molar-refractivity contribution in [1.29, 1.82) is 0 Å². The summed E-state index contributed by atoms with van der Waals surface area (Å²) in [6.07, 6.45) is 1.79. The molecule has 6 nitrogen and oxygen atoms in total. The number of benzene rings is 1. The van der Waals surface area contributed by atoms with Gasteiger partial charge in [0.2, 0.25) is 0 Å². The summed E-state index contributed by atoms with van der Waals surface area (Å²) in [5.41, 5.74) is 1.36. The lowest BCUT2D eigenvalue weighted by Gasteiger charge is -2.31. The molecule has 134 valence electrons. The lowest BCUT2D eigenvalue weighted by molar-refractivity contribution is 0.0908. The second-order valence-electron chi connectivity index (χ2n) is 6.57. The number of carbonyl (C=O) groups is 1. The highest BCUT2D eigenvalue weighted by molar-refractivity contribution is 7.08. The number of nitrogens with zero attached hydrogens (tertiary/aromatic N) is 2. The number of piperidine rings is 1. The molecule has 2 aromatic heterocycles. The number of nitrogens with one attached hydrogen (secondary N) is 2. The van der Waals surface area contributed by atoms with Gasteiger partial charge in [-0.3, -0.25) is 14.5 Å². The zero-order valence-corrected chi connectivity index (χ0v) is 15.1. The molecule has 7 heteroatoms. The smallest absolute Gasteiger partial charge is 0.258 e. The molecule has 1 fully saturated rings. The summed E-state index contributed by atoms with van der Waals surface area (Å²) in [6, 6.07) is 9.42. The van der Waals surface area contributed by atoms with Crippen molar-refractivity contribution in [3.05, 3.63) is 62.8 Å². The topological polar surface area (TPSA) is 78.1 Å². The van der Waals surface area contributed by atoms with E-state index in [1.165, 1.54) is 11.3 Å². The largest absolute Gasteiger partial charge is 0.349 e. The number of aromatic amines is 1. The number of hydrogen-bond acceptors (Lipinski definition) is 5. The first-order valence-corrected chi connectivity index (χ1v) is 9.67. The molecule has 3 aromatic rings. The minimum atomic E-state index is -0.0940. The van der Waals surface area contributed by atoms with Crippen LogP contribution in [0.15, 0.2) is 45.9 Å². The fourth-order valence-electron chi connectivity index (χ4n) is 3.32. The summed E-state index contributed by atoms with van der Waals surface area (Å²) in [5.74, 6) is 0.694. The highest BCUT2D eigenvalue weighted by Gasteiger charge is 2.22. The van der Waals surface area contributed by atoms with Gasteiger partial charge in [-0.15, -0.1) is 0 Å². The molecule has 4 rings (SSSR count). The first-order valence-electron chi connectivity index (χ1n) is 8.72. The van der Waals surface area contributed by atoms with Crippen LogP contribution in [0.2, 0.25) is 0 Å². The molecule has 1 aromatic carbocycles. The maximum absolute atomic E-state index is 12.2. The molecule has 2 N–H and O–H groups in total. The third kappa shape index (κ3) is 3.68. The number of amides is 1. The molecule has 0 atom stereocenters. The SMILES string of the molecule is O=C(NC1CCN(Cc2nc3ccccc3c(=O)[nH]2)CC1)c1ccsc1. The van der Waals surface area contributed by atoms with Crippen molar-refractivity contribution in [2.75, 3.05) is 13.1 Å². The van der Waals surface area contributed by atoms with Gasteiger partial charge >= 0.3 is 0 Å². The monoisotopic (exact) mass is 368 g/mol. The van der Waals surface area contributed by atoms with Gasteiger partial charge < -0.3 is 10.3 Å². The van der Waals surface area contributed by atoms with Crippen LogP contribution in [0.3, 0.4) is 0 Å². The van der Waals surface area contributed by atoms with Gasteiger partial charge in [-0.2, -0.15) is 11.3 Å². The van der Waals surface area contributed by atoms with Gasteiger partial charge in [-0.05, 0) is 36.4 Å². The van der Waals surface area contributed by atoms with Gasteiger partial charge in [0.15, 0.2) is 0 Å². The van der Waals surface area contributed by atoms with Crippen LogP contribution in [0.4, 0.5) is 0 Å². The number of para-hydroxylation sites is 1. The maximum atomic E-state index is 12.2. The van der Waals surface area contributed by atoms with Crippen LogP contribution >= 0.6 is 11.3 Å². The quantitative estimate of drug-likeness (QED) is 0.741. The van der Waals surface area contributed by atoms with Crippen molar-refractivity contribution in [3.8, 4) is 0 Å². The van der Waals surface area contributed by atoms with E-state index >= 15 is 0 Å². The predicted molar refractivity (Wildman–Crippen MR) is 102 cm³/mol. The number of thiophene rings is 1. The molecule has 1 aliphatic rings. The van der Waals surface area contributed by atoms with Crippen LogP contribution in [0.25, 0.3) is 10.9 Å². The first kappa shape index (κ1) is 16.9. The molecule has 0 bridgehead atoms. The van der Waals surface area contributed by atoms with Crippen LogP contribution in [-0.2, 0) is 6.54 Å². The molecule has 0 aliphatic carbocycles. The summed E-state index contributed by atoms with van der Waals surface area (Å²) < 4.78 is 0. The fourth-order valence-corrected chi connectivity index (χ4v) is 3.96. The second kappa shape index (κ2) is 7.39. The van der Waals surface area contributed by atoms with Gasteiger partial charge in [-0.1, -0.05) is 12.1 Å². The Morgan fingerprint density at radius 3 is 2.85 bits per heavy atom. The van der Waals surface area contributed by atoms with E-state index in [9.17, 15) is 9.59 Å². The number of fused-ring (bicyclic) bond motifs is 1. The van der Waals surface area contributed by atoms with Crippen LogP contribution in [0, 0.1) is 0 Å². The van der Waals surface area contributed by atoms with E-state index in [-0.39, 0.29) is 17.5 Å². The zero-order chi connectivity index (χ0) is 17.9. The van der Waals surface area contributed by atoms with Gasteiger partial charge in [0.25, 0.3) is 11.5 Å². The maximum Gasteiger partial charge on any atom is 0.258 e. The number of carbonyl (C=O) groups excluding carboxylic acids is 1. The zero-order valence-electron chi connectivity index (χ0n) is 14.3. The fraction of sp³-hybridized carbons (Fsp3) is 0.316. The Bertz CT molecular complexity index is 959. The van der Waals surface area contributed by atoms with Crippen LogP contribution in [0.5, 0.6) is 0 Å². The average Bonchev–Trinajstić information content (AvgIpc) is 3.18. The minimum absolute atomic E-state index is 0.00484. The van der Waals surface area contributed by atoms with Crippen molar-refractivity contribution < 1.29 is 4.79 Å². The lowest BCUT2D eigenvalue weighted by Crippen LogP contribution is -2.44. The number of H-pyrrole nitrogens is 1. The van der Waals surface area contributed by atoms with Gasteiger partial charge in [0, 0.05) is 30.1 Å². The molecule has 26 heavy (non-hydrogen) atoms. The number of aromatic nitrogens is 2.